The molecule has 0 unspecified atom stereocenters. The van der Waals surface area contributed by atoms with Crippen LogP contribution in [0.1, 0.15) is 79.4 Å². The minimum absolute atomic E-state index is 0.00882. The Bertz CT molecular complexity index is 2200. The van der Waals surface area contributed by atoms with Gasteiger partial charge in [-0.05, 0) is 81.8 Å². The second kappa shape index (κ2) is 15.0. The Hall–Kier alpha value is -5.44. The lowest BCUT2D eigenvalue weighted by molar-refractivity contribution is -0.120. The van der Waals surface area contributed by atoms with Crippen LogP contribution in [0.5, 0.6) is 0 Å². The Kier molecular flexibility index (Phi) is 9.97. The van der Waals surface area contributed by atoms with E-state index >= 15 is 4.39 Å². The average Bonchev–Trinajstić information content (AvgIpc) is 3.71. The third kappa shape index (κ3) is 7.12. The molecule has 3 aliphatic heterocycles. The van der Waals surface area contributed by atoms with Gasteiger partial charge in [-0.15, -0.1) is 0 Å². The fourth-order valence-corrected chi connectivity index (χ4v) is 8.88. The fourth-order valence-electron chi connectivity index (χ4n) is 8.88. The van der Waals surface area contributed by atoms with Crippen LogP contribution in [0, 0.1) is 19.7 Å². The number of halogens is 1. The molecule has 8 rings (SSSR count). The number of piperazine rings is 1. The number of Topliss-reactive ketones (excluding diaryl/α,β-unsaturated/α-hetero) is 1. The lowest BCUT2D eigenvalue weighted by atomic mass is 10.0. The molecule has 14 nitrogen and oxygen atoms in total. The first-order chi connectivity index (χ1) is 26.5. The summed E-state index contributed by atoms with van der Waals surface area (Å²) < 4.78 is 17.0. The first-order valence-corrected chi connectivity index (χ1v) is 19.4. The predicted molar refractivity (Wildman–Crippen MR) is 209 cm³/mol. The molecule has 6 heterocycles. The maximum absolute atomic E-state index is 15.3. The van der Waals surface area contributed by atoms with E-state index in [0.29, 0.717) is 34.4 Å². The van der Waals surface area contributed by atoms with Gasteiger partial charge < -0.3 is 15.1 Å². The molecule has 1 aliphatic carbocycles. The molecular weight excluding hydrogens is 704 g/mol. The summed E-state index contributed by atoms with van der Waals surface area (Å²) in [5.74, 6) is -0.111. The van der Waals surface area contributed by atoms with E-state index in [1.807, 2.05) is 19.2 Å². The van der Waals surface area contributed by atoms with E-state index in [0.717, 1.165) is 94.7 Å². The van der Waals surface area contributed by atoms with Gasteiger partial charge in [-0.3, -0.25) is 34.1 Å². The Morgan fingerprint density at radius 3 is 2.27 bits per heavy atom. The lowest BCUT2D eigenvalue weighted by Gasteiger charge is -2.44. The zero-order valence-electron chi connectivity index (χ0n) is 31.6. The predicted octanol–water partition coefficient (Wildman–Crippen LogP) is 5.24. The van der Waals surface area contributed by atoms with Gasteiger partial charge in [-0.1, -0.05) is 12.8 Å². The standard InChI is InChI=1S/C40H47FN10O4/c1-24-20-33(50-15-12-35(53)45-40(50)55)31(41)21-32(24)49-18-16-48(17-19-49)27-10-13-47(14-11-27)29-8-9-34(42-22-29)44-39-43-23-30-25(2)36(26(3)52)38(54)51(37(30)46-39)28-6-4-5-7-28/h8-9,20-23,27-28H,4-7,10-19H2,1-3H3,(H,45,53,55)(H,42,43,44,46). The number of fused-ring (bicyclic) bond motifs is 1. The van der Waals surface area contributed by atoms with Crippen molar-refractivity contribution >= 4 is 57.6 Å². The normalized spacial score (nSPS) is 19.0. The minimum atomic E-state index is -0.588. The van der Waals surface area contributed by atoms with E-state index in [2.05, 4.69) is 41.4 Å². The fraction of sp³-hybridized carbons (Fsp3) is 0.475. The summed E-state index contributed by atoms with van der Waals surface area (Å²) >= 11 is 0. The molecule has 1 saturated carbocycles. The molecule has 1 aromatic carbocycles. The molecule has 0 atom stereocenters. The first-order valence-electron chi connectivity index (χ1n) is 19.4. The molecule has 4 aromatic rings. The van der Waals surface area contributed by atoms with Crippen LogP contribution < -0.4 is 30.9 Å². The zero-order valence-corrected chi connectivity index (χ0v) is 31.6. The van der Waals surface area contributed by atoms with Crippen molar-refractivity contribution in [3.8, 4) is 0 Å². The topological polar surface area (TPSA) is 149 Å². The highest BCUT2D eigenvalue weighted by atomic mass is 19.1. The van der Waals surface area contributed by atoms with Gasteiger partial charge in [0.2, 0.25) is 11.9 Å². The Morgan fingerprint density at radius 2 is 1.60 bits per heavy atom. The third-order valence-electron chi connectivity index (χ3n) is 11.8. The molecule has 15 heteroatoms. The number of carbonyl (C=O) groups excluding carboxylic acids is 3. The SMILES string of the molecule is CC(=O)c1c(C)c2cnc(Nc3ccc(N4CCC(N5CCN(c6cc(F)c(N7CCC(=O)NC7=O)cc6C)CC5)CC4)cn3)nc2n(C2CCCC2)c1=O. The number of anilines is 5. The number of imide groups is 1. The van der Waals surface area contributed by atoms with E-state index in [9.17, 15) is 19.2 Å². The number of amides is 3. The van der Waals surface area contributed by atoms with Gasteiger partial charge in [-0.2, -0.15) is 4.98 Å². The number of aromatic nitrogens is 4. The molecular formula is C40H47FN10O4. The maximum atomic E-state index is 15.3. The molecule has 55 heavy (non-hydrogen) atoms. The van der Waals surface area contributed by atoms with Crippen molar-refractivity contribution in [1.82, 2.24) is 29.7 Å². The van der Waals surface area contributed by atoms with Crippen molar-refractivity contribution < 1.29 is 18.8 Å². The molecule has 2 N–H and O–H groups in total. The van der Waals surface area contributed by atoms with Crippen LogP contribution in [0.3, 0.4) is 0 Å². The molecule has 3 aromatic heterocycles. The van der Waals surface area contributed by atoms with Crippen molar-refractivity contribution in [3.05, 3.63) is 69.5 Å². The number of hydrogen-bond donors (Lipinski definition) is 2. The Labute approximate surface area is 318 Å². The summed E-state index contributed by atoms with van der Waals surface area (Å²) in [5, 5.41) is 6.19. The number of nitrogens with one attached hydrogen (secondary N) is 2. The molecule has 0 radical (unpaired) electrons. The number of ketones is 1. The van der Waals surface area contributed by atoms with E-state index in [1.54, 1.807) is 23.8 Å². The largest absolute Gasteiger partial charge is 0.370 e. The number of piperidine rings is 1. The monoisotopic (exact) mass is 750 g/mol. The summed E-state index contributed by atoms with van der Waals surface area (Å²) in [6.45, 7) is 10.5. The second-order valence-corrected chi connectivity index (χ2v) is 15.2. The molecule has 288 valence electrons. The smallest absolute Gasteiger partial charge is 0.328 e. The van der Waals surface area contributed by atoms with Crippen LogP contribution in [0.15, 0.2) is 41.5 Å². The quantitative estimate of drug-likeness (QED) is 0.228. The number of pyridine rings is 2. The summed E-state index contributed by atoms with van der Waals surface area (Å²) in [7, 11) is 0. The first kappa shape index (κ1) is 36.5. The van der Waals surface area contributed by atoms with Gasteiger partial charge in [-0.25, -0.2) is 19.2 Å². The number of carbonyl (C=O) groups is 3. The van der Waals surface area contributed by atoms with Gasteiger partial charge in [0.1, 0.15) is 17.3 Å². The number of benzene rings is 1. The van der Waals surface area contributed by atoms with Crippen LogP contribution in [0.25, 0.3) is 11.0 Å². The van der Waals surface area contributed by atoms with Gasteiger partial charge >= 0.3 is 6.03 Å². The van der Waals surface area contributed by atoms with Gasteiger partial charge in [0.25, 0.3) is 5.56 Å². The molecule has 3 saturated heterocycles. The van der Waals surface area contributed by atoms with Crippen LogP contribution >= 0.6 is 0 Å². The summed E-state index contributed by atoms with van der Waals surface area (Å²) in [6.07, 6.45) is 9.61. The maximum Gasteiger partial charge on any atom is 0.328 e. The number of aryl methyl sites for hydroxylation is 2. The highest BCUT2D eigenvalue weighted by Gasteiger charge is 2.31. The zero-order chi connectivity index (χ0) is 38.4. The lowest BCUT2D eigenvalue weighted by Crippen LogP contribution is -2.53. The van der Waals surface area contributed by atoms with Gasteiger partial charge in [0.05, 0.1) is 23.1 Å². The minimum Gasteiger partial charge on any atom is -0.370 e. The van der Waals surface area contributed by atoms with Crippen LogP contribution in [-0.4, -0.2) is 94.0 Å². The number of hydrogen-bond acceptors (Lipinski definition) is 11. The van der Waals surface area contributed by atoms with Crippen LogP contribution in [-0.2, 0) is 4.79 Å². The van der Waals surface area contributed by atoms with Crippen molar-refractivity contribution in [2.24, 2.45) is 0 Å². The molecule has 0 spiro atoms. The molecule has 0 bridgehead atoms. The van der Waals surface area contributed by atoms with Crippen LogP contribution in [0.4, 0.5) is 38.0 Å². The van der Waals surface area contributed by atoms with Crippen LogP contribution in [0.2, 0.25) is 0 Å². The van der Waals surface area contributed by atoms with E-state index in [1.165, 1.54) is 17.9 Å². The summed E-state index contributed by atoms with van der Waals surface area (Å²) in [5.41, 5.74) is 4.07. The van der Waals surface area contributed by atoms with Gasteiger partial charge in [0, 0.05) is 81.6 Å². The Morgan fingerprint density at radius 1 is 0.855 bits per heavy atom. The van der Waals surface area contributed by atoms with E-state index in [-0.39, 0.29) is 47.5 Å². The highest BCUT2D eigenvalue weighted by Crippen LogP contribution is 2.34. The van der Waals surface area contributed by atoms with Crippen molar-refractivity contribution in [2.75, 3.05) is 65.8 Å². The number of rotatable bonds is 8. The highest BCUT2D eigenvalue weighted by molar-refractivity contribution is 6.05. The van der Waals surface area contributed by atoms with E-state index < -0.39 is 11.8 Å². The second-order valence-electron chi connectivity index (χ2n) is 15.2. The summed E-state index contributed by atoms with van der Waals surface area (Å²) in [6, 6.07) is 7.09. The Balaban J connectivity index is 0.870. The number of nitrogens with zero attached hydrogens (tertiary/aromatic N) is 8. The molecule has 3 amide bonds. The third-order valence-corrected chi connectivity index (χ3v) is 11.8. The molecule has 4 aliphatic rings. The average molecular weight is 751 g/mol. The van der Waals surface area contributed by atoms with E-state index in [4.69, 9.17) is 4.98 Å². The molecule has 4 fully saturated rings. The van der Waals surface area contributed by atoms with Crippen molar-refractivity contribution in [2.45, 2.75) is 77.8 Å². The number of urea groups is 1. The van der Waals surface area contributed by atoms with Crippen molar-refractivity contribution in [1.29, 1.82) is 0 Å². The summed E-state index contributed by atoms with van der Waals surface area (Å²) in [4.78, 5) is 72.3. The van der Waals surface area contributed by atoms with Gasteiger partial charge in [0.15, 0.2) is 5.78 Å². The van der Waals surface area contributed by atoms with Crippen molar-refractivity contribution in [3.63, 3.8) is 0 Å².